The maximum Gasteiger partial charge on any atom is 0.296 e. The summed E-state index contributed by atoms with van der Waals surface area (Å²) in [6.45, 7) is 0. The van der Waals surface area contributed by atoms with Gasteiger partial charge in [-0.2, -0.15) is 9.98 Å². The molecule has 0 N–H and O–H groups in total. The molecule has 0 bridgehead atoms. The highest BCUT2D eigenvalue weighted by Gasteiger charge is 2.68. The van der Waals surface area contributed by atoms with Crippen LogP contribution in [0.5, 0.6) is 0 Å². The lowest BCUT2D eigenvalue weighted by atomic mass is 9.87. The zero-order valence-corrected chi connectivity index (χ0v) is 17.3. The van der Waals surface area contributed by atoms with Gasteiger partial charge in [-0.1, -0.05) is 97.1 Å². The van der Waals surface area contributed by atoms with Gasteiger partial charge in [-0.15, -0.1) is 0 Å². The molecule has 0 fully saturated rings. The molecule has 6 rings (SSSR count). The van der Waals surface area contributed by atoms with Crippen LogP contribution in [0.25, 0.3) is 0 Å². The van der Waals surface area contributed by atoms with Gasteiger partial charge in [-0.25, -0.2) is 0 Å². The van der Waals surface area contributed by atoms with Crippen LogP contribution in [0.15, 0.2) is 131 Å². The number of fused-ring (bicyclic) bond motifs is 1. The van der Waals surface area contributed by atoms with Crippen molar-refractivity contribution in [2.45, 2.75) is 11.4 Å². The minimum Gasteiger partial charge on any atom is -0.437 e. The van der Waals surface area contributed by atoms with E-state index >= 15 is 0 Å². The molecule has 0 radical (unpaired) electrons. The first-order valence-corrected chi connectivity index (χ1v) is 10.6. The Hall–Kier alpha value is -4.18. The number of hydrogen-bond acceptors (Lipinski definition) is 4. The second kappa shape index (κ2) is 7.20. The largest absolute Gasteiger partial charge is 0.437 e. The van der Waals surface area contributed by atoms with Crippen LogP contribution in [0.2, 0.25) is 0 Å². The Kier molecular flexibility index (Phi) is 4.18. The number of aliphatic imine (C=N–C) groups is 2. The van der Waals surface area contributed by atoms with Crippen molar-refractivity contribution in [3.05, 3.63) is 144 Å². The minimum atomic E-state index is -1.19. The molecule has 2 unspecified atom stereocenters. The summed E-state index contributed by atoms with van der Waals surface area (Å²) in [6.07, 6.45) is 0. The second-order valence-corrected chi connectivity index (χ2v) is 7.79. The smallest absolute Gasteiger partial charge is 0.296 e. The Morgan fingerprint density at radius 3 is 1.06 bits per heavy atom. The molecule has 154 valence electrons. The van der Waals surface area contributed by atoms with Crippen molar-refractivity contribution < 1.29 is 9.47 Å². The van der Waals surface area contributed by atoms with Gasteiger partial charge in [0.25, 0.3) is 11.4 Å². The zero-order valence-electron chi connectivity index (χ0n) is 17.3. The molecular weight excluding hydrogens is 396 g/mol. The summed E-state index contributed by atoms with van der Waals surface area (Å²) < 4.78 is 13.4. The Labute approximate surface area is 186 Å². The predicted octanol–water partition coefficient (Wildman–Crippen LogP) is 5.65. The topological polar surface area (TPSA) is 43.2 Å². The van der Waals surface area contributed by atoms with Crippen LogP contribution in [-0.2, 0) is 20.9 Å². The normalized spacial score (nSPS) is 23.5. The molecule has 0 aliphatic carbocycles. The quantitative estimate of drug-likeness (QED) is 0.432. The fourth-order valence-corrected chi connectivity index (χ4v) is 4.32. The van der Waals surface area contributed by atoms with Crippen LogP contribution in [0.3, 0.4) is 0 Å². The summed E-state index contributed by atoms with van der Waals surface area (Å²) in [5.41, 5.74) is 1.15. The van der Waals surface area contributed by atoms with Gasteiger partial charge in [0.1, 0.15) is 0 Å². The summed E-state index contributed by atoms with van der Waals surface area (Å²) in [6, 6.07) is 39.7. The van der Waals surface area contributed by atoms with Crippen LogP contribution < -0.4 is 0 Å². The van der Waals surface area contributed by atoms with Gasteiger partial charge in [-0.3, -0.25) is 0 Å². The molecule has 2 aliphatic rings. The zero-order chi connectivity index (χ0) is 21.4. The standard InChI is InChI=1S/C28H20N2O2/c1-5-13-21(14-6-1)25-29-27(23-17-9-3-10-18-23)28(31-25,24-19-11-4-12-20-24)30-26(32-27)22-15-7-2-8-16-22/h1-20H. The van der Waals surface area contributed by atoms with Crippen LogP contribution in [-0.4, -0.2) is 11.8 Å². The van der Waals surface area contributed by atoms with Gasteiger partial charge in [0.15, 0.2) is 0 Å². The molecule has 4 nitrogen and oxygen atoms in total. The molecule has 0 saturated carbocycles. The molecule has 4 aromatic carbocycles. The van der Waals surface area contributed by atoms with Gasteiger partial charge in [0, 0.05) is 22.3 Å². The molecule has 0 amide bonds. The fourth-order valence-electron chi connectivity index (χ4n) is 4.32. The molecule has 2 aliphatic heterocycles. The van der Waals surface area contributed by atoms with E-state index in [0.29, 0.717) is 11.8 Å². The summed E-state index contributed by atoms with van der Waals surface area (Å²) in [5.74, 6) is 1.02. The van der Waals surface area contributed by atoms with E-state index in [4.69, 9.17) is 19.5 Å². The SMILES string of the molecule is c1ccc(C2=NC3(c4ccccc4)OC(c4ccccc4)=NC3(c3ccccc3)O2)cc1. The second-order valence-electron chi connectivity index (χ2n) is 7.79. The predicted molar refractivity (Wildman–Crippen MR) is 124 cm³/mol. The number of hydrogen-bond donors (Lipinski definition) is 0. The van der Waals surface area contributed by atoms with E-state index in [0.717, 1.165) is 22.3 Å². The Morgan fingerprint density at radius 1 is 0.406 bits per heavy atom. The van der Waals surface area contributed by atoms with Crippen LogP contribution in [0.1, 0.15) is 22.3 Å². The molecule has 4 aromatic rings. The van der Waals surface area contributed by atoms with E-state index in [2.05, 4.69) is 0 Å². The van der Waals surface area contributed by atoms with Crippen molar-refractivity contribution in [1.82, 2.24) is 0 Å². The number of rotatable bonds is 4. The van der Waals surface area contributed by atoms with Gasteiger partial charge in [0.2, 0.25) is 11.8 Å². The first kappa shape index (κ1) is 18.6. The van der Waals surface area contributed by atoms with Crippen molar-refractivity contribution in [1.29, 1.82) is 0 Å². The van der Waals surface area contributed by atoms with Crippen molar-refractivity contribution in [2.24, 2.45) is 9.98 Å². The summed E-state index contributed by atoms with van der Waals surface area (Å²) in [7, 11) is 0. The van der Waals surface area contributed by atoms with Crippen molar-refractivity contribution in [2.75, 3.05) is 0 Å². The molecule has 0 spiro atoms. The average Bonchev–Trinajstić information content (AvgIpc) is 3.38. The first-order chi connectivity index (χ1) is 15.8. The van der Waals surface area contributed by atoms with Gasteiger partial charge in [0.05, 0.1) is 0 Å². The number of nitrogens with zero attached hydrogens (tertiary/aromatic N) is 2. The summed E-state index contributed by atoms with van der Waals surface area (Å²) in [5, 5.41) is 0. The first-order valence-electron chi connectivity index (χ1n) is 10.6. The third-order valence-corrected chi connectivity index (χ3v) is 5.84. The van der Waals surface area contributed by atoms with Gasteiger partial charge < -0.3 is 9.47 Å². The molecule has 4 heteroatoms. The molecule has 0 aromatic heterocycles. The van der Waals surface area contributed by atoms with E-state index in [1.165, 1.54) is 0 Å². The molecular formula is C28H20N2O2. The van der Waals surface area contributed by atoms with E-state index in [-0.39, 0.29) is 0 Å². The maximum atomic E-state index is 6.69. The Morgan fingerprint density at radius 2 is 0.719 bits per heavy atom. The van der Waals surface area contributed by atoms with E-state index < -0.39 is 11.4 Å². The average molecular weight is 416 g/mol. The molecule has 0 saturated heterocycles. The highest BCUT2D eigenvalue weighted by molar-refractivity contribution is 6.00. The van der Waals surface area contributed by atoms with E-state index in [1.807, 2.05) is 121 Å². The van der Waals surface area contributed by atoms with Crippen LogP contribution >= 0.6 is 0 Å². The van der Waals surface area contributed by atoms with Crippen LogP contribution in [0.4, 0.5) is 0 Å². The summed E-state index contributed by atoms with van der Waals surface area (Å²) >= 11 is 0. The minimum absolute atomic E-state index is 0.508. The lowest BCUT2D eigenvalue weighted by Crippen LogP contribution is -2.43. The van der Waals surface area contributed by atoms with Gasteiger partial charge >= 0.3 is 0 Å². The fraction of sp³-hybridized carbons (Fsp3) is 0.0714. The molecule has 32 heavy (non-hydrogen) atoms. The Balaban J connectivity index is 1.62. The third kappa shape index (κ3) is 2.70. The monoisotopic (exact) mass is 416 g/mol. The highest BCUT2D eigenvalue weighted by atomic mass is 16.6. The van der Waals surface area contributed by atoms with Gasteiger partial charge in [-0.05, 0) is 24.3 Å². The molecule has 2 heterocycles. The molecule has 2 atom stereocenters. The number of benzene rings is 4. The van der Waals surface area contributed by atoms with E-state index in [9.17, 15) is 0 Å². The number of ether oxygens (including phenoxy) is 2. The highest BCUT2D eigenvalue weighted by Crippen LogP contribution is 2.57. The maximum absolute atomic E-state index is 6.69. The van der Waals surface area contributed by atoms with Crippen molar-refractivity contribution >= 4 is 11.8 Å². The van der Waals surface area contributed by atoms with Crippen molar-refractivity contribution in [3.8, 4) is 0 Å². The summed E-state index contributed by atoms with van der Waals surface area (Å²) in [4.78, 5) is 10.2. The van der Waals surface area contributed by atoms with E-state index in [1.54, 1.807) is 0 Å². The lowest BCUT2D eigenvalue weighted by molar-refractivity contribution is -0.0814. The third-order valence-electron chi connectivity index (χ3n) is 5.84. The lowest BCUT2D eigenvalue weighted by Gasteiger charge is -2.33. The van der Waals surface area contributed by atoms with Crippen LogP contribution in [0, 0.1) is 0 Å². The van der Waals surface area contributed by atoms with Crippen molar-refractivity contribution in [3.63, 3.8) is 0 Å². The Bertz CT molecular complexity index is 1200.